The molecule has 3 nitrogen and oxygen atoms in total. The van der Waals surface area contributed by atoms with E-state index in [0.717, 1.165) is 10.8 Å². The second kappa shape index (κ2) is 4.53. The molecule has 0 aliphatic heterocycles. The minimum atomic E-state index is 0.106. The molecule has 0 atom stereocenters. The van der Waals surface area contributed by atoms with Gasteiger partial charge in [-0.1, -0.05) is 36.4 Å². The zero-order valence-corrected chi connectivity index (χ0v) is 10.2. The van der Waals surface area contributed by atoms with Crippen LogP contribution in [0, 0.1) is 5.41 Å². The predicted octanol–water partition coefficient (Wildman–Crippen LogP) is 3.36. The minimum Gasteiger partial charge on any atom is -0.507 e. The van der Waals surface area contributed by atoms with Crippen molar-refractivity contribution < 1.29 is 5.11 Å². The van der Waals surface area contributed by atoms with Gasteiger partial charge in [0.2, 0.25) is 0 Å². The van der Waals surface area contributed by atoms with Crippen LogP contribution in [0.15, 0.2) is 60.8 Å². The van der Waals surface area contributed by atoms with Crippen molar-refractivity contribution >= 4 is 16.5 Å². The normalized spacial score (nSPS) is 10.5. The van der Waals surface area contributed by atoms with Crippen LogP contribution < -0.4 is 0 Å². The third-order valence-electron chi connectivity index (χ3n) is 3.08. The van der Waals surface area contributed by atoms with Crippen LogP contribution in [-0.4, -0.2) is 15.8 Å². The Balaban J connectivity index is 2.25. The summed E-state index contributed by atoms with van der Waals surface area (Å²) in [4.78, 5) is 4.17. The zero-order chi connectivity index (χ0) is 13.2. The third-order valence-corrected chi connectivity index (χ3v) is 3.08. The molecule has 0 fully saturated rings. The molecule has 0 saturated carbocycles. The van der Waals surface area contributed by atoms with Gasteiger partial charge in [0.15, 0.2) is 0 Å². The molecular formula is C16H12N2O. The van der Waals surface area contributed by atoms with Crippen LogP contribution in [-0.2, 0) is 0 Å². The van der Waals surface area contributed by atoms with Crippen LogP contribution >= 0.6 is 0 Å². The van der Waals surface area contributed by atoms with Crippen molar-refractivity contribution in [3.8, 4) is 5.75 Å². The van der Waals surface area contributed by atoms with Crippen molar-refractivity contribution in [2.75, 3.05) is 0 Å². The summed E-state index contributed by atoms with van der Waals surface area (Å²) in [5, 5.41) is 20.2. The smallest absolute Gasteiger partial charge is 0.125 e. The van der Waals surface area contributed by atoms with Gasteiger partial charge >= 0.3 is 0 Å². The van der Waals surface area contributed by atoms with Gasteiger partial charge in [-0.15, -0.1) is 0 Å². The van der Waals surface area contributed by atoms with Crippen LogP contribution in [0.1, 0.15) is 11.3 Å². The average Bonchev–Trinajstić information content (AvgIpc) is 2.47. The maximum Gasteiger partial charge on any atom is 0.125 e. The van der Waals surface area contributed by atoms with E-state index < -0.39 is 0 Å². The van der Waals surface area contributed by atoms with Crippen LogP contribution in [0.4, 0.5) is 0 Å². The number of phenols is 1. The molecule has 0 amide bonds. The Labute approximate surface area is 110 Å². The molecule has 0 bridgehead atoms. The molecule has 3 rings (SSSR count). The van der Waals surface area contributed by atoms with Crippen LogP contribution in [0.5, 0.6) is 5.75 Å². The summed E-state index contributed by atoms with van der Waals surface area (Å²) in [5.41, 5.74) is 1.31. The van der Waals surface area contributed by atoms with Crippen molar-refractivity contribution in [2.45, 2.75) is 0 Å². The van der Waals surface area contributed by atoms with Gasteiger partial charge in [0.05, 0.1) is 17.0 Å². The lowest BCUT2D eigenvalue weighted by molar-refractivity contribution is 0.475. The number of hydrogen-bond acceptors (Lipinski definition) is 3. The Morgan fingerprint density at radius 2 is 1.74 bits per heavy atom. The quantitative estimate of drug-likeness (QED) is 0.683. The van der Waals surface area contributed by atoms with E-state index in [0.29, 0.717) is 11.3 Å². The molecule has 2 N–H and O–H groups in total. The molecule has 0 spiro atoms. The van der Waals surface area contributed by atoms with Crippen molar-refractivity contribution in [3.63, 3.8) is 0 Å². The topological polar surface area (TPSA) is 57.0 Å². The maximum atomic E-state index is 10.1. The highest BCUT2D eigenvalue weighted by Crippen LogP contribution is 2.28. The fraction of sp³-hybridized carbons (Fsp3) is 0. The van der Waals surface area contributed by atoms with E-state index in [4.69, 9.17) is 5.41 Å². The summed E-state index contributed by atoms with van der Waals surface area (Å²) in [6.07, 6.45) is 1.64. The lowest BCUT2D eigenvalue weighted by atomic mass is 9.98. The van der Waals surface area contributed by atoms with E-state index in [2.05, 4.69) is 4.98 Å². The van der Waals surface area contributed by atoms with E-state index in [1.54, 1.807) is 24.4 Å². The van der Waals surface area contributed by atoms with Crippen LogP contribution in [0.2, 0.25) is 0 Å². The number of pyridine rings is 1. The monoisotopic (exact) mass is 248 g/mol. The first-order valence-corrected chi connectivity index (χ1v) is 5.98. The van der Waals surface area contributed by atoms with Crippen LogP contribution in [0.3, 0.4) is 0 Å². The molecular weight excluding hydrogens is 236 g/mol. The Hall–Kier alpha value is -2.68. The number of aromatic nitrogens is 1. The summed E-state index contributed by atoms with van der Waals surface area (Å²) in [5.74, 6) is 0.106. The highest BCUT2D eigenvalue weighted by atomic mass is 16.3. The number of nitrogens with one attached hydrogen (secondary N) is 1. The molecule has 3 heteroatoms. The molecule has 0 radical (unpaired) electrons. The molecule has 1 aromatic heterocycles. The van der Waals surface area contributed by atoms with E-state index in [1.807, 2.05) is 36.4 Å². The highest BCUT2D eigenvalue weighted by molar-refractivity contribution is 6.18. The standard InChI is InChI=1S/C16H12N2O/c17-16(13-7-3-4-10-18-13)15-12-6-2-1-5-11(12)8-9-14(15)19/h1-10,17,19H. The van der Waals surface area contributed by atoms with Gasteiger partial charge in [0, 0.05) is 6.20 Å². The number of aromatic hydroxyl groups is 1. The van der Waals surface area contributed by atoms with Crippen molar-refractivity contribution in [2.24, 2.45) is 0 Å². The number of nitrogens with zero attached hydrogens (tertiary/aromatic N) is 1. The van der Waals surface area contributed by atoms with Gasteiger partial charge in [-0.3, -0.25) is 10.4 Å². The number of rotatable bonds is 2. The zero-order valence-electron chi connectivity index (χ0n) is 10.2. The second-order valence-electron chi connectivity index (χ2n) is 4.27. The van der Waals surface area contributed by atoms with E-state index in [9.17, 15) is 5.11 Å². The van der Waals surface area contributed by atoms with Crippen molar-refractivity contribution in [1.82, 2.24) is 4.98 Å². The summed E-state index contributed by atoms with van der Waals surface area (Å²) in [6.45, 7) is 0. The molecule has 0 aliphatic rings. The Kier molecular flexibility index (Phi) is 2.72. The van der Waals surface area contributed by atoms with Gasteiger partial charge < -0.3 is 5.11 Å². The third kappa shape index (κ3) is 1.95. The van der Waals surface area contributed by atoms with Gasteiger partial charge in [-0.25, -0.2) is 0 Å². The lowest BCUT2D eigenvalue weighted by Gasteiger charge is -2.10. The molecule has 19 heavy (non-hydrogen) atoms. The second-order valence-corrected chi connectivity index (χ2v) is 4.27. The fourth-order valence-corrected chi connectivity index (χ4v) is 2.16. The molecule has 1 heterocycles. The number of phenolic OH excluding ortho intramolecular Hbond substituents is 1. The summed E-state index contributed by atoms with van der Waals surface area (Å²) in [6, 6.07) is 16.6. The molecule has 92 valence electrons. The summed E-state index contributed by atoms with van der Waals surface area (Å²) in [7, 11) is 0. The predicted molar refractivity (Wildman–Crippen MR) is 75.8 cm³/mol. The number of benzene rings is 2. The van der Waals surface area contributed by atoms with Gasteiger partial charge in [-0.2, -0.15) is 0 Å². The lowest BCUT2D eigenvalue weighted by Crippen LogP contribution is -2.04. The number of hydrogen-bond donors (Lipinski definition) is 2. The van der Waals surface area contributed by atoms with Gasteiger partial charge in [0.25, 0.3) is 0 Å². The summed E-state index contributed by atoms with van der Waals surface area (Å²) < 4.78 is 0. The number of fused-ring (bicyclic) bond motifs is 1. The fourth-order valence-electron chi connectivity index (χ4n) is 2.16. The molecule has 0 aliphatic carbocycles. The molecule has 3 aromatic rings. The first-order chi connectivity index (χ1) is 9.27. The Bertz CT molecular complexity index is 751. The average molecular weight is 248 g/mol. The minimum absolute atomic E-state index is 0.106. The van der Waals surface area contributed by atoms with E-state index in [1.165, 1.54) is 0 Å². The van der Waals surface area contributed by atoms with Crippen molar-refractivity contribution in [1.29, 1.82) is 5.41 Å². The maximum absolute atomic E-state index is 10.1. The Morgan fingerprint density at radius 1 is 0.947 bits per heavy atom. The molecule has 0 saturated heterocycles. The van der Waals surface area contributed by atoms with Crippen molar-refractivity contribution in [3.05, 3.63) is 72.1 Å². The van der Waals surface area contributed by atoms with Gasteiger partial charge in [-0.05, 0) is 29.0 Å². The SMILES string of the molecule is N=C(c1ccccn1)c1c(O)ccc2ccccc12. The largest absolute Gasteiger partial charge is 0.507 e. The molecule has 2 aromatic carbocycles. The van der Waals surface area contributed by atoms with Gasteiger partial charge in [0.1, 0.15) is 5.75 Å². The first-order valence-electron chi connectivity index (χ1n) is 5.98. The Morgan fingerprint density at radius 3 is 2.53 bits per heavy atom. The van der Waals surface area contributed by atoms with E-state index >= 15 is 0 Å². The first kappa shape index (κ1) is 11.4. The summed E-state index contributed by atoms with van der Waals surface area (Å²) >= 11 is 0. The molecule has 0 unspecified atom stereocenters. The van der Waals surface area contributed by atoms with Crippen LogP contribution in [0.25, 0.3) is 10.8 Å². The van der Waals surface area contributed by atoms with E-state index in [-0.39, 0.29) is 11.5 Å². The highest BCUT2D eigenvalue weighted by Gasteiger charge is 2.14.